The Hall–Kier alpha value is -0.120. The first kappa shape index (κ1) is 12.9. The molecule has 0 rings (SSSR count). The van der Waals surface area contributed by atoms with Gasteiger partial charge in [0, 0.05) is 6.54 Å². The molecule has 0 aromatic rings. The summed E-state index contributed by atoms with van der Waals surface area (Å²) >= 11 is 0. The summed E-state index contributed by atoms with van der Waals surface area (Å²) in [5.41, 5.74) is 0. The molecule has 0 aliphatic heterocycles. The van der Waals surface area contributed by atoms with Crippen LogP contribution in [0.25, 0.3) is 0 Å². The van der Waals surface area contributed by atoms with Gasteiger partial charge in [-0.15, -0.1) is 0 Å². The highest BCUT2D eigenvalue weighted by Crippen LogP contribution is 2.04. The Bertz CT molecular complexity index is 98.9. The Morgan fingerprint density at radius 1 is 1.23 bits per heavy atom. The maximum Gasteiger partial charge on any atom is 0.0822 e. The minimum Gasteiger partial charge on any atom is -0.392 e. The highest BCUT2D eigenvalue weighted by Gasteiger charge is 2.01. The van der Waals surface area contributed by atoms with Crippen LogP contribution in [0.5, 0.6) is 0 Å². The number of nitrogens with one attached hydrogen (secondary N) is 1. The van der Waals surface area contributed by atoms with E-state index in [9.17, 15) is 10.2 Å². The zero-order valence-electron chi connectivity index (χ0n) is 8.59. The van der Waals surface area contributed by atoms with Gasteiger partial charge in [0.25, 0.3) is 0 Å². The van der Waals surface area contributed by atoms with E-state index in [4.69, 9.17) is 0 Å². The van der Waals surface area contributed by atoms with Crippen LogP contribution >= 0.6 is 0 Å². The summed E-state index contributed by atoms with van der Waals surface area (Å²) in [5.74, 6) is 0. The molecule has 0 aliphatic rings. The molecule has 0 aliphatic carbocycles. The fourth-order valence-corrected chi connectivity index (χ4v) is 1.25. The molecule has 2 N–H and O–H groups in total. The molecular weight excluding hydrogens is 166 g/mol. The Balaban J connectivity index is 3.03. The van der Waals surface area contributed by atoms with E-state index in [1.165, 1.54) is 0 Å². The Morgan fingerprint density at radius 3 is 2.54 bits per heavy atom. The van der Waals surface area contributed by atoms with E-state index in [1.54, 1.807) is 0 Å². The molecule has 0 saturated heterocycles. The van der Waals surface area contributed by atoms with Gasteiger partial charge in [-0.25, -0.2) is 5.11 Å². The van der Waals surface area contributed by atoms with Crippen LogP contribution in [0, 0.1) is 0 Å². The maximum atomic E-state index is 10.1. The molecule has 3 nitrogen and oxygen atoms in total. The largest absolute Gasteiger partial charge is 0.392 e. The van der Waals surface area contributed by atoms with Crippen molar-refractivity contribution in [1.82, 2.24) is 5.32 Å². The second kappa shape index (κ2) is 9.96. The normalized spacial score (nSPS) is 13.2. The topological polar surface area (TPSA) is 52.2 Å². The summed E-state index contributed by atoms with van der Waals surface area (Å²) in [6, 6.07) is 0. The van der Waals surface area contributed by atoms with Crippen molar-refractivity contribution in [3.63, 3.8) is 0 Å². The van der Waals surface area contributed by atoms with Crippen molar-refractivity contribution in [3.05, 3.63) is 0 Å². The third-order valence-electron chi connectivity index (χ3n) is 2.06. The predicted molar refractivity (Wildman–Crippen MR) is 53.2 cm³/mol. The Kier molecular flexibility index (Phi) is 9.87. The highest BCUT2D eigenvalue weighted by molar-refractivity contribution is 4.58. The molecule has 0 saturated carbocycles. The van der Waals surface area contributed by atoms with Gasteiger partial charge in [0.2, 0.25) is 0 Å². The summed E-state index contributed by atoms with van der Waals surface area (Å²) in [6.45, 7) is 3.67. The van der Waals surface area contributed by atoms with E-state index in [1.807, 2.05) is 6.92 Å². The maximum absolute atomic E-state index is 10.1. The number of aliphatic hydroxyl groups is 1. The van der Waals surface area contributed by atoms with Crippen molar-refractivity contribution in [2.45, 2.75) is 45.1 Å². The summed E-state index contributed by atoms with van der Waals surface area (Å²) < 4.78 is 0. The van der Waals surface area contributed by atoms with Crippen LogP contribution < -0.4 is 5.32 Å². The quantitative estimate of drug-likeness (QED) is 0.536. The summed E-state index contributed by atoms with van der Waals surface area (Å²) in [6.07, 6.45) is 4.54. The van der Waals surface area contributed by atoms with E-state index in [0.717, 1.165) is 38.6 Å². The first-order chi connectivity index (χ1) is 6.31. The zero-order chi connectivity index (χ0) is 9.94. The molecule has 13 heavy (non-hydrogen) atoms. The molecule has 0 aromatic carbocycles. The SMILES string of the molecule is CCNCC(O)CCCCCC[O]. The summed E-state index contributed by atoms with van der Waals surface area (Å²) in [7, 11) is 0. The van der Waals surface area contributed by atoms with Crippen molar-refractivity contribution in [1.29, 1.82) is 0 Å². The standard InChI is InChI=1S/C10H22NO2/c1-2-11-9-10(13)7-5-3-4-6-8-12/h10-11,13H,2-9H2,1H3. The van der Waals surface area contributed by atoms with E-state index >= 15 is 0 Å². The van der Waals surface area contributed by atoms with Gasteiger partial charge < -0.3 is 10.4 Å². The van der Waals surface area contributed by atoms with Crippen molar-refractivity contribution >= 4 is 0 Å². The molecule has 0 fully saturated rings. The van der Waals surface area contributed by atoms with Crippen molar-refractivity contribution in [2.24, 2.45) is 0 Å². The van der Waals surface area contributed by atoms with Gasteiger partial charge in [-0.05, 0) is 19.4 Å². The van der Waals surface area contributed by atoms with Gasteiger partial charge in [0.1, 0.15) is 0 Å². The van der Waals surface area contributed by atoms with Gasteiger partial charge in [-0.1, -0.05) is 26.2 Å². The second-order valence-electron chi connectivity index (χ2n) is 3.37. The highest BCUT2D eigenvalue weighted by atomic mass is 16.3. The smallest absolute Gasteiger partial charge is 0.0822 e. The van der Waals surface area contributed by atoms with Crippen molar-refractivity contribution < 1.29 is 10.2 Å². The van der Waals surface area contributed by atoms with Gasteiger partial charge >= 0.3 is 0 Å². The zero-order valence-corrected chi connectivity index (χ0v) is 8.59. The monoisotopic (exact) mass is 188 g/mol. The minimum atomic E-state index is -0.216. The van der Waals surface area contributed by atoms with Crippen LogP contribution in [0.3, 0.4) is 0 Å². The fraction of sp³-hybridized carbons (Fsp3) is 1.00. The minimum absolute atomic E-state index is 0.0416. The van der Waals surface area contributed by atoms with E-state index in [0.29, 0.717) is 6.54 Å². The molecule has 1 unspecified atom stereocenters. The van der Waals surface area contributed by atoms with Gasteiger partial charge in [-0.2, -0.15) is 0 Å². The molecule has 79 valence electrons. The third-order valence-corrected chi connectivity index (χ3v) is 2.06. The molecule has 0 bridgehead atoms. The number of hydrogen-bond donors (Lipinski definition) is 2. The summed E-state index contributed by atoms with van der Waals surface area (Å²) in [4.78, 5) is 0. The van der Waals surface area contributed by atoms with E-state index in [2.05, 4.69) is 5.32 Å². The lowest BCUT2D eigenvalue weighted by atomic mass is 10.1. The molecule has 0 aromatic heterocycles. The average molecular weight is 188 g/mol. The number of aliphatic hydroxyl groups excluding tert-OH is 1. The Labute approximate surface area is 81.2 Å². The number of hydrogen-bond acceptors (Lipinski definition) is 2. The first-order valence-corrected chi connectivity index (χ1v) is 5.28. The van der Waals surface area contributed by atoms with Crippen LogP contribution in [0.2, 0.25) is 0 Å². The van der Waals surface area contributed by atoms with Gasteiger partial charge in [0.15, 0.2) is 0 Å². The molecule has 0 amide bonds. The van der Waals surface area contributed by atoms with Crippen molar-refractivity contribution in [2.75, 3.05) is 19.7 Å². The molecule has 3 heteroatoms. The lowest BCUT2D eigenvalue weighted by Crippen LogP contribution is -2.26. The van der Waals surface area contributed by atoms with E-state index in [-0.39, 0.29) is 12.7 Å². The molecule has 0 heterocycles. The summed E-state index contributed by atoms with van der Waals surface area (Å²) in [5, 5.41) is 22.6. The average Bonchev–Trinajstić information content (AvgIpc) is 2.14. The van der Waals surface area contributed by atoms with Crippen LogP contribution in [0.4, 0.5) is 0 Å². The fourth-order valence-electron chi connectivity index (χ4n) is 1.25. The number of unbranched alkanes of at least 4 members (excludes halogenated alkanes) is 3. The molecule has 1 atom stereocenters. The number of likely N-dealkylation sites (N-methyl/N-ethyl adjacent to an activating group) is 1. The van der Waals surface area contributed by atoms with E-state index < -0.39 is 0 Å². The van der Waals surface area contributed by atoms with Crippen LogP contribution in [0.15, 0.2) is 0 Å². The van der Waals surface area contributed by atoms with Crippen LogP contribution in [0.1, 0.15) is 39.0 Å². The molecular formula is C10H22NO2. The van der Waals surface area contributed by atoms with Crippen molar-refractivity contribution in [3.8, 4) is 0 Å². The lowest BCUT2D eigenvalue weighted by molar-refractivity contribution is 0.157. The van der Waals surface area contributed by atoms with Crippen LogP contribution in [-0.2, 0) is 5.11 Å². The Morgan fingerprint density at radius 2 is 1.92 bits per heavy atom. The third kappa shape index (κ3) is 9.80. The molecule has 0 spiro atoms. The lowest BCUT2D eigenvalue weighted by Gasteiger charge is -2.09. The predicted octanol–water partition coefficient (Wildman–Crippen LogP) is 1.34. The van der Waals surface area contributed by atoms with Gasteiger partial charge in [-0.3, -0.25) is 0 Å². The number of rotatable bonds is 9. The van der Waals surface area contributed by atoms with Gasteiger partial charge in [0.05, 0.1) is 12.7 Å². The second-order valence-corrected chi connectivity index (χ2v) is 3.37. The molecule has 1 radical (unpaired) electrons. The van der Waals surface area contributed by atoms with Crippen LogP contribution in [-0.4, -0.2) is 30.9 Å². The first-order valence-electron chi connectivity index (χ1n) is 5.28.